The van der Waals surface area contributed by atoms with Crippen molar-refractivity contribution in [2.45, 2.75) is 39.0 Å². The molecule has 0 aliphatic heterocycles. The number of allylic oxidation sites excluding steroid dienone is 2. The van der Waals surface area contributed by atoms with E-state index in [0.29, 0.717) is 0 Å². The molecule has 0 heterocycles. The van der Waals surface area contributed by atoms with Gasteiger partial charge >= 0.3 is 0 Å². The predicted octanol–water partition coefficient (Wildman–Crippen LogP) is 3.39. The van der Waals surface area contributed by atoms with Crippen LogP contribution in [0.25, 0.3) is 0 Å². The van der Waals surface area contributed by atoms with Gasteiger partial charge < -0.3 is 0 Å². The van der Waals surface area contributed by atoms with Crippen molar-refractivity contribution in [3.63, 3.8) is 0 Å². The van der Waals surface area contributed by atoms with Crippen molar-refractivity contribution < 1.29 is 0 Å². The lowest BCUT2D eigenvalue weighted by atomic mass is 9.68. The van der Waals surface area contributed by atoms with Gasteiger partial charge in [0.25, 0.3) is 0 Å². The molecule has 0 saturated heterocycles. The molecule has 0 heteroatoms. The fourth-order valence-corrected chi connectivity index (χ4v) is 2.84. The summed E-state index contributed by atoms with van der Waals surface area (Å²) in [7, 11) is 0. The third kappa shape index (κ3) is 1.36. The lowest BCUT2D eigenvalue weighted by molar-refractivity contribution is 0.161. The minimum absolute atomic E-state index is 0.999. The Balaban J connectivity index is 2.07. The Morgan fingerprint density at radius 2 is 1.91 bits per heavy atom. The van der Waals surface area contributed by atoms with E-state index in [1.807, 2.05) is 0 Å². The minimum Gasteiger partial charge on any atom is -0.0882 e. The summed E-state index contributed by atoms with van der Waals surface area (Å²) in [6.07, 6.45) is 12.0. The van der Waals surface area contributed by atoms with Gasteiger partial charge in [-0.1, -0.05) is 31.9 Å². The van der Waals surface area contributed by atoms with Crippen LogP contribution in [0.1, 0.15) is 39.0 Å². The maximum atomic E-state index is 2.44. The summed E-state index contributed by atoms with van der Waals surface area (Å²) < 4.78 is 0. The van der Waals surface area contributed by atoms with Crippen molar-refractivity contribution in [1.82, 2.24) is 0 Å². The van der Waals surface area contributed by atoms with Crippen LogP contribution in [-0.4, -0.2) is 0 Å². The quantitative estimate of drug-likeness (QED) is 0.464. The molecule has 0 nitrogen and oxygen atoms in total. The smallest absolute Gasteiger partial charge is 0.0317 e. The first kappa shape index (κ1) is 7.39. The third-order valence-corrected chi connectivity index (χ3v) is 3.58. The van der Waals surface area contributed by atoms with Crippen molar-refractivity contribution in [1.29, 1.82) is 0 Å². The second-order valence-corrected chi connectivity index (χ2v) is 4.27. The first-order valence-corrected chi connectivity index (χ1v) is 5.03. The topological polar surface area (TPSA) is 0 Å². The molecule has 62 valence electrons. The van der Waals surface area contributed by atoms with Crippen molar-refractivity contribution in [3.8, 4) is 0 Å². The number of hydrogen-bond acceptors (Lipinski definition) is 0. The van der Waals surface area contributed by atoms with Gasteiger partial charge in [0.2, 0.25) is 0 Å². The summed E-state index contributed by atoms with van der Waals surface area (Å²) in [5.41, 5.74) is 0. The van der Waals surface area contributed by atoms with Gasteiger partial charge in [-0.05, 0) is 37.0 Å². The van der Waals surface area contributed by atoms with Gasteiger partial charge in [0.05, 0.1) is 0 Å². The lowest BCUT2D eigenvalue weighted by Crippen LogP contribution is -2.27. The number of fused-ring (bicyclic) bond motifs is 1. The van der Waals surface area contributed by atoms with Crippen LogP contribution < -0.4 is 0 Å². The first-order valence-electron chi connectivity index (χ1n) is 5.03. The van der Waals surface area contributed by atoms with E-state index in [2.05, 4.69) is 19.1 Å². The van der Waals surface area contributed by atoms with E-state index in [9.17, 15) is 0 Å². The van der Waals surface area contributed by atoms with Gasteiger partial charge in [-0.15, -0.1) is 0 Å². The Kier molecular flexibility index (Phi) is 2.02. The lowest BCUT2D eigenvalue weighted by Gasteiger charge is -2.37. The molecule has 0 aromatic carbocycles. The minimum atomic E-state index is 0.999. The van der Waals surface area contributed by atoms with E-state index in [-0.39, 0.29) is 0 Å². The van der Waals surface area contributed by atoms with Crippen LogP contribution in [0.15, 0.2) is 12.2 Å². The molecule has 1 saturated carbocycles. The van der Waals surface area contributed by atoms with Crippen LogP contribution in [0.4, 0.5) is 0 Å². The highest BCUT2D eigenvalue weighted by Gasteiger charge is 2.30. The van der Waals surface area contributed by atoms with Gasteiger partial charge in [0.1, 0.15) is 0 Å². The van der Waals surface area contributed by atoms with Crippen LogP contribution in [0.3, 0.4) is 0 Å². The zero-order valence-electron chi connectivity index (χ0n) is 7.42. The van der Waals surface area contributed by atoms with E-state index < -0.39 is 0 Å². The monoisotopic (exact) mass is 150 g/mol. The molecule has 2 aliphatic rings. The maximum absolute atomic E-state index is 2.44. The molecule has 2 aliphatic carbocycles. The fraction of sp³-hybridized carbons (Fsp3) is 0.818. The average Bonchev–Trinajstić information content (AvgIpc) is 2.06. The van der Waals surface area contributed by atoms with Crippen molar-refractivity contribution in [2.75, 3.05) is 0 Å². The van der Waals surface area contributed by atoms with Crippen LogP contribution in [0.2, 0.25) is 0 Å². The molecular weight excluding hydrogens is 132 g/mol. The van der Waals surface area contributed by atoms with Crippen LogP contribution >= 0.6 is 0 Å². The molecule has 1 fully saturated rings. The van der Waals surface area contributed by atoms with Crippen molar-refractivity contribution in [2.24, 2.45) is 17.8 Å². The molecule has 0 amide bonds. The Morgan fingerprint density at radius 1 is 1.09 bits per heavy atom. The Bertz CT molecular complexity index is 157. The third-order valence-electron chi connectivity index (χ3n) is 3.58. The summed E-state index contributed by atoms with van der Waals surface area (Å²) in [5.74, 6) is 3.08. The Hall–Kier alpha value is -0.260. The van der Waals surface area contributed by atoms with Crippen molar-refractivity contribution >= 4 is 0 Å². The molecular formula is C11H18. The predicted molar refractivity (Wildman–Crippen MR) is 48.4 cm³/mol. The number of rotatable bonds is 0. The molecule has 3 atom stereocenters. The van der Waals surface area contributed by atoms with E-state index in [0.717, 1.165) is 17.8 Å². The molecule has 0 aromatic rings. The molecule has 2 rings (SSSR count). The first-order chi connectivity index (χ1) is 5.38. The summed E-state index contributed by atoms with van der Waals surface area (Å²) in [6, 6.07) is 0. The SMILES string of the molecule is C[C@@H]1CCC[C@@H]2CC=CC[C@@H]21. The normalized spacial score (nSPS) is 43.5. The van der Waals surface area contributed by atoms with E-state index in [1.165, 1.54) is 32.1 Å². The molecule has 0 radical (unpaired) electrons. The maximum Gasteiger partial charge on any atom is -0.0317 e. The average molecular weight is 150 g/mol. The molecule has 11 heavy (non-hydrogen) atoms. The fourth-order valence-electron chi connectivity index (χ4n) is 2.84. The van der Waals surface area contributed by atoms with Gasteiger partial charge in [0.15, 0.2) is 0 Å². The Morgan fingerprint density at radius 3 is 2.73 bits per heavy atom. The largest absolute Gasteiger partial charge is 0.0882 e. The second-order valence-electron chi connectivity index (χ2n) is 4.27. The highest BCUT2D eigenvalue weighted by Crippen LogP contribution is 2.40. The zero-order chi connectivity index (χ0) is 7.68. The van der Waals surface area contributed by atoms with Crippen LogP contribution in [-0.2, 0) is 0 Å². The van der Waals surface area contributed by atoms with Gasteiger partial charge in [-0.2, -0.15) is 0 Å². The van der Waals surface area contributed by atoms with E-state index in [4.69, 9.17) is 0 Å². The van der Waals surface area contributed by atoms with Gasteiger partial charge in [-0.3, -0.25) is 0 Å². The Labute approximate surface area is 69.7 Å². The summed E-state index contributed by atoms with van der Waals surface area (Å²) in [6.45, 7) is 2.44. The molecule has 0 bridgehead atoms. The standard InChI is InChI=1S/C11H18/c1-9-5-4-7-10-6-2-3-8-11(9)10/h2-3,9-11H,4-8H2,1H3/t9-,10+,11-/m1/s1. The zero-order valence-corrected chi connectivity index (χ0v) is 7.42. The highest BCUT2D eigenvalue weighted by atomic mass is 14.3. The summed E-state index contributed by atoms with van der Waals surface area (Å²) in [4.78, 5) is 0. The number of hydrogen-bond donors (Lipinski definition) is 0. The summed E-state index contributed by atoms with van der Waals surface area (Å²) >= 11 is 0. The van der Waals surface area contributed by atoms with E-state index in [1.54, 1.807) is 0 Å². The van der Waals surface area contributed by atoms with E-state index >= 15 is 0 Å². The van der Waals surface area contributed by atoms with Crippen molar-refractivity contribution in [3.05, 3.63) is 12.2 Å². The second kappa shape index (κ2) is 3.00. The van der Waals surface area contributed by atoms with Gasteiger partial charge in [0, 0.05) is 0 Å². The molecule has 0 spiro atoms. The van der Waals surface area contributed by atoms with Gasteiger partial charge in [-0.25, -0.2) is 0 Å². The molecule has 0 N–H and O–H groups in total. The molecule has 0 aromatic heterocycles. The van der Waals surface area contributed by atoms with Crippen LogP contribution in [0.5, 0.6) is 0 Å². The highest BCUT2D eigenvalue weighted by molar-refractivity contribution is 4.97. The molecule has 0 unspecified atom stereocenters. The summed E-state index contributed by atoms with van der Waals surface area (Å²) in [5, 5.41) is 0. The van der Waals surface area contributed by atoms with Crippen LogP contribution in [0, 0.1) is 17.8 Å².